The number of nitrogens with two attached hydrogens (primary N) is 1. The molecule has 1 aromatic heterocycles. The van der Waals surface area contributed by atoms with Gasteiger partial charge in [-0.25, -0.2) is 10.1 Å². The highest BCUT2D eigenvalue weighted by Crippen LogP contribution is 2.33. The first kappa shape index (κ1) is 14.5. The number of anilines is 1. The summed E-state index contributed by atoms with van der Waals surface area (Å²) >= 11 is 0.887. The highest BCUT2D eigenvalue weighted by Gasteiger charge is 2.35. The van der Waals surface area contributed by atoms with Crippen LogP contribution in [0.2, 0.25) is 0 Å². The summed E-state index contributed by atoms with van der Waals surface area (Å²) in [7, 11) is -3.74. The van der Waals surface area contributed by atoms with Gasteiger partial charge in [0.25, 0.3) is 10.2 Å². The second kappa shape index (κ2) is 4.89. The van der Waals surface area contributed by atoms with Gasteiger partial charge in [0.1, 0.15) is 0 Å². The number of nitrogens with zero attached hydrogens (tertiary/aromatic N) is 3. The van der Waals surface area contributed by atoms with Crippen molar-refractivity contribution in [1.29, 1.82) is 0 Å². The lowest BCUT2D eigenvalue weighted by atomic mass is 10.4. The van der Waals surface area contributed by atoms with Gasteiger partial charge in [0, 0.05) is 31.6 Å². The zero-order chi connectivity index (χ0) is 14.3. The van der Waals surface area contributed by atoms with Crippen molar-refractivity contribution in [3.63, 3.8) is 0 Å². The summed E-state index contributed by atoms with van der Waals surface area (Å²) in [5, 5.41) is 6.16. The molecule has 0 atom stereocenters. The molecule has 108 valence electrons. The van der Waals surface area contributed by atoms with Gasteiger partial charge in [-0.2, -0.15) is 25.9 Å². The van der Waals surface area contributed by atoms with Crippen LogP contribution in [0, 0.1) is 0 Å². The Kier molecular flexibility index (Phi) is 3.73. The van der Waals surface area contributed by atoms with Crippen LogP contribution in [-0.2, 0) is 16.4 Å². The Bertz CT molecular complexity index is 549. The minimum atomic E-state index is -4.46. The normalized spacial score (nSPS) is 18.8. The Balaban J connectivity index is 2.04. The molecule has 0 spiro atoms. The molecule has 0 saturated carbocycles. The molecular formula is C8H11F3N4O2S2. The number of hydrogen-bond donors (Lipinski definition) is 1. The van der Waals surface area contributed by atoms with Crippen LogP contribution in [0.1, 0.15) is 5.69 Å². The number of piperazine rings is 1. The van der Waals surface area contributed by atoms with Crippen LogP contribution in [0.4, 0.5) is 18.3 Å². The number of aromatic nitrogens is 1. The van der Waals surface area contributed by atoms with E-state index in [0.717, 1.165) is 21.0 Å². The van der Waals surface area contributed by atoms with Gasteiger partial charge in [0.15, 0.2) is 10.8 Å². The van der Waals surface area contributed by atoms with Crippen LogP contribution in [0.25, 0.3) is 0 Å². The molecular weight excluding hydrogens is 305 g/mol. The van der Waals surface area contributed by atoms with Crippen molar-refractivity contribution in [1.82, 2.24) is 9.29 Å². The quantitative estimate of drug-likeness (QED) is 0.861. The van der Waals surface area contributed by atoms with E-state index >= 15 is 0 Å². The third-order valence-electron chi connectivity index (χ3n) is 2.65. The predicted molar refractivity (Wildman–Crippen MR) is 64.0 cm³/mol. The summed E-state index contributed by atoms with van der Waals surface area (Å²) in [6.45, 7) is 0.808. The van der Waals surface area contributed by atoms with E-state index in [4.69, 9.17) is 5.14 Å². The molecule has 0 aliphatic carbocycles. The summed E-state index contributed by atoms with van der Waals surface area (Å²) in [6.07, 6.45) is -4.46. The van der Waals surface area contributed by atoms with E-state index in [2.05, 4.69) is 4.98 Å². The van der Waals surface area contributed by atoms with Gasteiger partial charge in [-0.3, -0.25) is 0 Å². The molecule has 0 bridgehead atoms. The Hall–Kier alpha value is -0.910. The van der Waals surface area contributed by atoms with Crippen molar-refractivity contribution >= 4 is 26.7 Å². The minimum absolute atomic E-state index is 0.139. The van der Waals surface area contributed by atoms with Gasteiger partial charge >= 0.3 is 6.18 Å². The third-order valence-corrected chi connectivity index (χ3v) is 4.64. The Morgan fingerprint density at radius 1 is 1.26 bits per heavy atom. The molecule has 0 radical (unpaired) electrons. The van der Waals surface area contributed by atoms with Gasteiger partial charge < -0.3 is 4.90 Å². The van der Waals surface area contributed by atoms with Gasteiger partial charge in [0.2, 0.25) is 0 Å². The summed E-state index contributed by atoms with van der Waals surface area (Å²) in [5.41, 5.74) is -0.929. The molecule has 11 heteroatoms. The van der Waals surface area contributed by atoms with Crippen LogP contribution in [0.15, 0.2) is 5.38 Å². The van der Waals surface area contributed by atoms with Crippen LogP contribution >= 0.6 is 11.3 Å². The molecule has 0 unspecified atom stereocenters. The summed E-state index contributed by atoms with van der Waals surface area (Å²) in [4.78, 5) is 5.13. The standard InChI is InChI=1S/C8H11F3N4O2S2/c9-8(10,11)6-5-18-7(13-6)14-1-3-15(4-2-14)19(12,16)17/h5H,1-4H2,(H2,12,16,17). The van der Waals surface area contributed by atoms with Crippen LogP contribution in [0.5, 0.6) is 0 Å². The van der Waals surface area contributed by atoms with E-state index in [-0.39, 0.29) is 31.3 Å². The maximum Gasteiger partial charge on any atom is 0.434 e. The SMILES string of the molecule is NS(=O)(=O)N1CCN(c2nc(C(F)(F)F)cs2)CC1. The summed E-state index contributed by atoms with van der Waals surface area (Å²) in [6, 6.07) is 0. The molecule has 19 heavy (non-hydrogen) atoms. The van der Waals surface area contributed by atoms with Crippen molar-refractivity contribution < 1.29 is 21.6 Å². The zero-order valence-electron chi connectivity index (χ0n) is 9.59. The molecule has 1 saturated heterocycles. The number of rotatable bonds is 2. The monoisotopic (exact) mass is 316 g/mol. The smallest absolute Gasteiger partial charge is 0.345 e. The molecule has 2 N–H and O–H groups in total. The van der Waals surface area contributed by atoms with E-state index in [1.807, 2.05) is 0 Å². The fourth-order valence-corrected chi connectivity index (χ4v) is 3.23. The first-order chi connectivity index (χ1) is 8.68. The Labute approximate surface area is 111 Å². The molecule has 1 aliphatic heterocycles. The van der Waals surface area contributed by atoms with Gasteiger partial charge in [-0.1, -0.05) is 0 Å². The average molecular weight is 316 g/mol. The first-order valence-corrected chi connectivity index (χ1v) is 7.62. The van der Waals surface area contributed by atoms with Gasteiger partial charge in [-0.05, 0) is 0 Å². The molecule has 6 nitrogen and oxygen atoms in total. The van der Waals surface area contributed by atoms with Crippen molar-refractivity contribution in [3.05, 3.63) is 11.1 Å². The van der Waals surface area contributed by atoms with Gasteiger partial charge in [0.05, 0.1) is 0 Å². The second-order valence-corrected chi connectivity index (χ2v) is 6.33. The van der Waals surface area contributed by atoms with E-state index in [9.17, 15) is 21.6 Å². The zero-order valence-corrected chi connectivity index (χ0v) is 11.2. The topological polar surface area (TPSA) is 79.5 Å². The van der Waals surface area contributed by atoms with E-state index in [1.165, 1.54) is 0 Å². The largest absolute Gasteiger partial charge is 0.434 e. The highest BCUT2D eigenvalue weighted by molar-refractivity contribution is 7.86. The first-order valence-electron chi connectivity index (χ1n) is 5.23. The van der Waals surface area contributed by atoms with Crippen LogP contribution in [-0.4, -0.2) is 43.9 Å². The molecule has 1 fully saturated rings. The van der Waals surface area contributed by atoms with Gasteiger partial charge in [-0.15, -0.1) is 11.3 Å². The van der Waals surface area contributed by atoms with E-state index in [1.54, 1.807) is 4.90 Å². The third kappa shape index (κ3) is 3.35. The maximum absolute atomic E-state index is 12.4. The fraction of sp³-hybridized carbons (Fsp3) is 0.625. The van der Waals surface area contributed by atoms with Crippen molar-refractivity contribution in [2.45, 2.75) is 6.18 Å². The predicted octanol–water partition coefficient (Wildman–Crippen LogP) is 0.487. The number of hydrogen-bond acceptors (Lipinski definition) is 5. The molecule has 0 amide bonds. The summed E-state index contributed by atoms with van der Waals surface area (Å²) < 4.78 is 60.5. The number of halogens is 3. The minimum Gasteiger partial charge on any atom is -0.345 e. The molecule has 0 aromatic carbocycles. The number of alkyl halides is 3. The maximum atomic E-state index is 12.4. The lowest BCUT2D eigenvalue weighted by molar-refractivity contribution is -0.140. The van der Waals surface area contributed by atoms with E-state index < -0.39 is 22.1 Å². The fourth-order valence-electron chi connectivity index (χ4n) is 1.67. The highest BCUT2D eigenvalue weighted by atomic mass is 32.2. The van der Waals surface area contributed by atoms with Crippen molar-refractivity contribution in [3.8, 4) is 0 Å². The Morgan fingerprint density at radius 3 is 2.26 bits per heavy atom. The van der Waals surface area contributed by atoms with E-state index in [0.29, 0.717) is 0 Å². The number of thiazole rings is 1. The molecule has 2 rings (SSSR count). The molecule has 2 heterocycles. The molecule has 1 aromatic rings. The lowest BCUT2D eigenvalue weighted by Gasteiger charge is -2.32. The van der Waals surface area contributed by atoms with Crippen LogP contribution < -0.4 is 10.0 Å². The van der Waals surface area contributed by atoms with Crippen molar-refractivity contribution in [2.24, 2.45) is 5.14 Å². The average Bonchev–Trinajstić information content (AvgIpc) is 2.77. The van der Waals surface area contributed by atoms with Crippen LogP contribution in [0.3, 0.4) is 0 Å². The Morgan fingerprint density at radius 2 is 1.84 bits per heavy atom. The summed E-state index contributed by atoms with van der Waals surface area (Å²) in [5.74, 6) is 0. The lowest BCUT2D eigenvalue weighted by Crippen LogP contribution is -2.50. The second-order valence-electron chi connectivity index (χ2n) is 3.94. The molecule has 1 aliphatic rings. The van der Waals surface area contributed by atoms with Crippen molar-refractivity contribution in [2.75, 3.05) is 31.1 Å².